The predicted octanol–water partition coefficient (Wildman–Crippen LogP) is 3.19. The van der Waals surface area contributed by atoms with Crippen LogP contribution >= 0.6 is 0 Å². The van der Waals surface area contributed by atoms with Gasteiger partial charge in [-0.2, -0.15) is 0 Å². The average Bonchev–Trinajstić information content (AvgIpc) is 3.16. The van der Waals surface area contributed by atoms with Crippen LogP contribution in [0, 0.1) is 13.8 Å². The predicted molar refractivity (Wildman–Crippen MR) is 114 cm³/mol. The minimum Gasteiger partial charge on any atom is -0.399 e. The van der Waals surface area contributed by atoms with E-state index in [4.69, 9.17) is 9.31 Å². The second-order valence-corrected chi connectivity index (χ2v) is 10.3. The number of aromatic nitrogens is 2. The van der Waals surface area contributed by atoms with Gasteiger partial charge in [0.1, 0.15) is 0 Å². The summed E-state index contributed by atoms with van der Waals surface area (Å²) in [4.78, 5) is 4.74. The van der Waals surface area contributed by atoms with Gasteiger partial charge >= 0.3 is 7.12 Å². The molecule has 3 aromatic rings. The van der Waals surface area contributed by atoms with Crippen LogP contribution in [-0.4, -0.2) is 35.7 Å². The minimum absolute atomic E-state index is 0.276. The van der Waals surface area contributed by atoms with E-state index in [0.29, 0.717) is 16.8 Å². The lowest BCUT2D eigenvalue weighted by Crippen LogP contribution is -2.41. The Balaban J connectivity index is 1.89. The number of hydrogen-bond acceptors (Lipinski definition) is 5. The van der Waals surface area contributed by atoms with E-state index in [1.165, 1.54) is 3.97 Å². The fourth-order valence-corrected chi connectivity index (χ4v) is 5.24. The summed E-state index contributed by atoms with van der Waals surface area (Å²) in [6.45, 7) is 11.5. The van der Waals surface area contributed by atoms with Gasteiger partial charge in [-0.25, -0.2) is 12.4 Å². The van der Waals surface area contributed by atoms with Gasteiger partial charge in [-0.1, -0.05) is 18.2 Å². The molecule has 0 amide bonds. The largest absolute Gasteiger partial charge is 0.497 e. The highest BCUT2D eigenvalue weighted by Crippen LogP contribution is 2.37. The van der Waals surface area contributed by atoms with Crippen LogP contribution in [0.5, 0.6) is 0 Å². The summed E-state index contributed by atoms with van der Waals surface area (Å²) in [7, 11) is -4.38. The summed E-state index contributed by atoms with van der Waals surface area (Å²) >= 11 is 0. The topological polar surface area (TPSA) is 70.4 Å². The van der Waals surface area contributed by atoms with E-state index >= 15 is 0 Å². The first-order chi connectivity index (χ1) is 13.5. The van der Waals surface area contributed by atoms with Crippen LogP contribution < -0.4 is 5.46 Å². The molecule has 3 heterocycles. The molecule has 0 spiro atoms. The van der Waals surface area contributed by atoms with Gasteiger partial charge in [0.15, 0.2) is 0 Å². The molecule has 1 fully saturated rings. The highest BCUT2D eigenvalue weighted by Gasteiger charge is 2.52. The molecule has 0 unspecified atom stereocenters. The van der Waals surface area contributed by atoms with Crippen molar-refractivity contribution in [2.45, 2.75) is 57.6 Å². The van der Waals surface area contributed by atoms with Crippen molar-refractivity contribution in [2.24, 2.45) is 0 Å². The fourth-order valence-electron chi connectivity index (χ4n) is 3.61. The smallest absolute Gasteiger partial charge is 0.399 e. The molecule has 2 aromatic heterocycles. The maximum atomic E-state index is 13.4. The van der Waals surface area contributed by atoms with Crippen molar-refractivity contribution in [2.75, 3.05) is 0 Å². The van der Waals surface area contributed by atoms with E-state index in [0.717, 1.165) is 10.8 Å². The van der Waals surface area contributed by atoms with Gasteiger partial charge in [-0.15, -0.1) is 0 Å². The third-order valence-electron chi connectivity index (χ3n) is 6.04. The van der Waals surface area contributed by atoms with E-state index in [-0.39, 0.29) is 4.90 Å². The Morgan fingerprint density at radius 2 is 1.62 bits per heavy atom. The van der Waals surface area contributed by atoms with Crippen molar-refractivity contribution in [1.82, 2.24) is 8.96 Å². The van der Waals surface area contributed by atoms with Gasteiger partial charge in [0.2, 0.25) is 0 Å². The highest BCUT2D eigenvalue weighted by atomic mass is 32.2. The van der Waals surface area contributed by atoms with Crippen LogP contribution in [0.15, 0.2) is 47.6 Å². The Kier molecular flexibility index (Phi) is 4.46. The fraction of sp³-hybridized carbons (Fsp3) is 0.381. The van der Waals surface area contributed by atoms with Crippen LogP contribution in [0.3, 0.4) is 0 Å². The summed E-state index contributed by atoms with van der Waals surface area (Å²) in [6.07, 6.45) is 3.29. The quantitative estimate of drug-likeness (QED) is 0.618. The molecule has 1 aliphatic rings. The molecule has 0 aliphatic carbocycles. The maximum absolute atomic E-state index is 13.4. The molecule has 0 N–H and O–H groups in total. The molecule has 1 aromatic carbocycles. The zero-order valence-corrected chi connectivity index (χ0v) is 18.4. The third kappa shape index (κ3) is 3.01. The zero-order chi connectivity index (χ0) is 21.2. The molecule has 0 atom stereocenters. The van der Waals surface area contributed by atoms with Gasteiger partial charge in [0.25, 0.3) is 10.0 Å². The van der Waals surface area contributed by atoms with Crippen molar-refractivity contribution < 1.29 is 17.7 Å². The van der Waals surface area contributed by atoms with Crippen molar-refractivity contribution in [3.05, 3.63) is 54.0 Å². The first-order valence-electron chi connectivity index (χ1n) is 9.59. The first-order valence-corrected chi connectivity index (χ1v) is 11.0. The number of fused-ring (bicyclic) bond motifs is 1. The molecule has 1 saturated heterocycles. The molecule has 0 saturated carbocycles. The molecule has 8 heteroatoms. The molecule has 0 radical (unpaired) electrons. The Hall–Kier alpha value is -2.16. The van der Waals surface area contributed by atoms with Crippen LogP contribution in [0.25, 0.3) is 10.9 Å². The first kappa shape index (κ1) is 20.1. The van der Waals surface area contributed by atoms with E-state index in [1.54, 1.807) is 50.5 Å². The van der Waals surface area contributed by atoms with E-state index in [2.05, 4.69) is 4.98 Å². The summed E-state index contributed by atoms with van der Waals surface area (Å²) in [5, 5.41) is 0.758. The van der Waals surface area contributed by atoms with Crippen LogP contribution in [0.1, 0.15) is 39.0 Å². The van der Waals surface area contributed by atoms with Gasteiger partial charge in [-0.3, -0.25) is 4.98 Å². The standard InChI is InChI=1S/C21H25BN2O4S/c1-14-9-7-8-10-18(14)29(25,26)24-12-11-16-17(13-23-15(2)19(16)24)22-27-20(3,4)21(5,6)28-22/h7-13H,1-6H3. The van der Waals surface area contributed by atoms with Crippen LogP contribution in [-0.2, 0) is 19.3 Å². The third-order valence-corrected chi connectivity index (χ3v) is 7.88. The Morgan fingerprint density at radius 3 is 2.24 bits per heavy atom. The number of pyridine rings is 1. The molecule has 4 rings (SSSR count). The van der Waals surface area contributed by atoms with E-state index in [1.807, 2.05) is 33.8 Å². The molecule has 29 heavy (non-hydrogen) atoms. The highest BCUT2D eigenvalue weighted by molar-refractivity contribution is 7.90. The average molecular weight is 412 g/mol. The number of benzene rings is 1. The van der Waals surface area contributed by atoms with E-state index in [9.17, 15) is 8.42 Å². The summed E-state index contributed by atoms with van der Waals surface area (Å²) in [5.74, 6) is 0. The van der Waals surface area contributed by atoms with Crippen molar-refractivity contribution in [3.63, 3.8) is 0 Å². The van der Waals surface area contributed by atoms with Crippen LogP contribution in [0.2, 0.25) is 0 Å². The van der Waals surface area contributed by atoms with Crippen LogP contribution in [0.4, 0.5) is 0 Å². The lowest BCUT2D eigenvalue weighted by Gasteiger charge is -2.32. The van der Waals surface area contributed by atoms with E-state index < -0.39 is 28.3 Å². The molecular formula is C21H25BN2O4S. The van der Waals surface area contributed by atoms with Crippen molar-refractivity contribution >= 4 is 33.5 Å². The maximum Gasteiger partial charge on any atom is 0.497 e. The molecule has 0 bridgehead atoms. The normalized spacial score (nSPS) is 18.5. The lowest BCUT2D eigenvalue weighted by atomic mass is 9.78. The van der Waals surface area contributed by atoms with Gasteiger partial charge in [0.05, 0.1) is 27.3 Å². The van der Waals surface area contributed by atoms with Gasteiger partial charge < -0.3 is 9.31 Å². The summed E-state index contributed by atoms with van der Waals surface area (Å²) < 4.78 is 40.4. The second kappa shape index (κ2) is 6.42. The van der Waals surface area contributed by atoms with Gasteiger partial charge in [-0.05, 0) is 59.2 Å². The van der Waals surface area contributed by atoms with Crippen molar-refractivity contribution in [1.29, 1.82) is 0 Å². The molecule has 152 valence electrons. The Morgan fingerprint density at radius 1 is 1.00 bits per heavy atom. The number of rotatable bonds is 3. The zero-order valence-electron chi connectivity index (χ0n) is 17.6. The Bertz CT molecular complexity index is 1200. The summed E-state index contributed by atoms with van der Waals surface area (Å²) in [6, 6.07) is 8.76. The number of nitrogens with zero attached hydrogens (tertiary/aromatic N) is 2. The Labute approximate surface area is 172 Å². The molecule has 1 aliphatic heterocycles. The SMILES string of the molecule is Cc1ccccc1S(=O)(=O)n1ccc2c(B3OC(C)(C)C(C)(C)O3)cnc(C)c21. The van der Waals surface area contributed by atoms with Gasteiger partial charge in [0, 0.05) is 23.2 Å². The monoisotopic (exact) mass is 412 g/mol. The van der Waals surface area contributed by atoms with Crippen molar-refractivity contribution in [3.8, 4) is 0 Å². The minimum atomic E-state index is -3.77. The summed E-state index contributed by atoms with van der Waals surface area (Å²) in [5.41, 5.74) is 1.60. The number of hydrogen-bond donors (Lipinski definition) is 0. The number of aryl methyl sites for hydroxylation is 2. The molecular weight excluding hydrogens is 387 g/mol. The molecule has 6 nitrogen and oxygen atoms in total. The second-order valence-electron chi connectivity index (χ2n) is 8.53. The lowest BCUT2D eigenvalue weighted by molar-refractivity contribution is 0.00578.